The number of pyridine rings is 2. The summed E-state index contributed by atoms with van der Waals surface area (Å²) in [6.07, 6.45) is 0. The molecule has 0 N–H and O–H groups in total. The summed E-state index contributed by atoms with van der Waals surface area (Å²) in [6, 6.07) is 48.6. The van der Waals surface area contributed by atoms with Crippen molar-refractivity contribution in [1.29, 1.82) is 0 Å². The van der Waals surface area contributed by atoms with Gasteiger partial charge in [-0.05, 0) is 79.6 Å². The zero-order valence-corrected chi connectivity index (χ0v) is 26.8. The monoisotopic (exact) mass is 623 g/mol. The maximum Gasteiger partial charge on any atom is 0.144 e. The van der Waals surface area contributed by atoms with Crippen LogP contribution in [0.25, 0.3) is 64.6 Å². The highest BCUT2D eigenvalue weighted by Crippen LogP contribution is 2.42. The van der Waals surface area contributed by atoms with E-state index in [1.54, 1.807) is 0 Å². The number of para-hydroxylation sites is 3. The minimum atomic E-state index is 0.795. The Labute approximate surface area is 276 Å². The minimum Gasteiger partial charge on any atom is -0.455 e. The molecule has 4 nitrogen and oxygen atoms in total. The number of benzene rings is 5. The van der Waals surface area contributed by atoms with Crippen molar-refractivity contribution < 1.29 is 4.42 Å². The molecule has 4 aromatic heterocycles. The number of fused-ring (bicyclic) bond motifs is 6. The van der Waals surface area contributed by atoms with Crippen LogP contribution in [0.2, 0.25) is 0 Å². The predicted molar refractivity (Wildman–Crippen MR) is 197 cm³/mol. The van der Waals surface area contributed by atoms with Crippen molar-refractivity contribution in [3.8, 4) is 22.5 Å². The zero-order chi connectivity index (χ0) is 31.5. The highest BCUT2D eigenvalue weighted by atomic mass is 32.1. The normalized spacial score (nSPS) is 11.6. The number of anilines is 3. The van der Waals surface area contributed by atoms with Crippen LogP contribution in [-0.2, 0) is 0 Å². The van der Waals surface area contributed by atoms with Gasteiger partial charge in [0.1, 0.15) is 22.8 Å². The Morgan fingerprint density at radius 2 is 1.13 bits per heavy atom. The van der Waals surface area contributed by atoms with Gasteiger partial charge in [-0.2, -0.15) is 0 Å². The molecule has 5 heteroatoms. The summed E-state index contributed by atoms with van der Waals surface area (Å²) >= 11 is 1.82. The Morgan fingerprint density at radius 3 is 1.89 bits per heavy atom. The average Bonchev–Trinajstić information content (AvgIpc) is 3.67. The molecule has 0 atom stereocenters. The lowest BCUT2D eigenvalue weighted by atomic mass is 10.0. The molecule has 0 fully saturated rings. The molecule has 0 radical (unpaired) electrons. The topological polar surface area (TPSA) is 42.2 Å². The average molecular weight is 624 g/mol. The van der Waals surface area contributed by atoms with Gasteiger partial charge in [-0.1, -0.05) is 84.9 Å². The molecule has 0 unspecified atom stereocenters. The van der Waals surface area contributed by atoms with E-state index in [-0.39, 0.29) is 0 Å². The third-order valence-electron chi connectivity index (χ3n) is 8.75. The standard InChI is InChI=1S/C42H29N3OS/c1-26-22-35(33-18-10-16-31-29-14-6-8-20-37(29)46-41(31)33)43-39(24-26)45(28-12-4-3-5-13-28)40-25-27(2)23-36(44-40)34-19-11-17-32-30-15-7-9-21-38(30)47-42(32)34/h3-25H,1-2H3. The van der Waals surface area contributed by atoms with E-state index in [2.05, 4.69) is 140 Å². The molecule has 9 rings (SSSR count). The van der Waals surface area contributed by atoms with E-state index in [1.807, 2.05) is 29.5 Å². The molecular weight excluding hydrogens is 595 g/mol. The molecule has 4 heterocycles. The molecule has 0 aliphatic heterocycles. The fourth-order valence-corrected chi connectivity index (χ4v) is 7.88. The Morgan fingerprint density at radius 1 is 0.532 bits per heavy atom. The van der Waals surface area contributed by atoms with E-state index in [0.29, 0.717) is 0 Å². The maximum absolute atomic E-state index is 6.42. The lowest BCUT2D eigenvalue weighted by Crippen LogP contribution is -2.14. The van der Waals surface area contributed by atoms with Gasteiger partial charge in [0.2, 0.25) is 0 Å². The van der Waals surface area contributed by atoms with Crippen LogP contribution in [0.3, 0.4) is 0 Å². The van der Waals surface area contributed by atoms with Gasteiger partial charge in [-0.3, -0.25) is 4.90 Å². The molecule has 0 bridgehead atoms. The van der Waals surface area contributed by atoms with Crippen molar-refractivity contribution in [1.82, 2.24) is 9.97 Å². The van der Waals surface area contributed by atoms with Crippen LogP contribution in [-0.4, -0.2) is 9.97 Å². The largest absolute Gasteiger partial charge is 0.455 e. The number of aromatic nitrogens is 2. The van der Waals surface area contributed by atoms with Gasteiger partial charge in [0.05, 0.1) is 11.4 Å². The Balaban J connectivity index is 1.24. The number of aryl methyl sites for hydroxylation is 2. The number of thiophene rings is 1. The van der Waals surface area contributed by atoms with Crippen molar-refractivity contribution in [2.75, 3.05) is 4.90 Å². The highest BCUT2D eigenvalue weighted by Gasteiger charge is 2.21. The van der Waals surface area contributed by atoms with Crippen molar-refractivity contribution in [2.45, 2.75) is 13.8 Å². The second-order valence-corrected chi connectivity index (χ2v) is 13.1. The maximum atomic E-state index is 6.42. The summed E-state index contributed by atoms with van der Waals surface area (Å²) in [4.78, 5) is 12.8. The Bertz CT molecular complexity index is 2450. The minimum absolute atomic E-state index is 0.795. The molecule has 0 aliphatic rings. The van der Waals surface area contributed by atoms with E-state index >= 15 is 0 Å². The number of rotatable bonds is 5. The quantitative estimate of drug-likeness (QED) is 0.191. The van der Waals surface area contributed by atoms with E-state index in [1.165, 1.54) is 20.2 Å². The first-order valence-corrected chi connectivity index (χ1v) is 16.6. The van der Waals surface area contributed by atoms with Gasteiger partial charge < -0.3 is 4.42 Å². The Hall–Kier alpha value is -5.78. The number of hydrogen-bond donors (Lipinski definition) is 0. The van der Waals surface area contributed by atoms with E-state index in [0.717, 1.165) is 72.9 Å². The third-order valence-corrected chi connectivity index (χ3v) is 9.97. The molecule has 0 spiro atoms. The summed E-state index contributed by atoms with van der Waals surface area (Å²) in [5.41, 5.74) is 8.83. The Kier molecular flexibility index (Phi) is 6.40. The van der Waals surface area contributed by atoms with E-state index in [9.17, 15) is 0 Å². The molecule has 0 aliphatic carbocycles. The van der Waals surface area contributed by atoms with Crippen LogP contribution in [0.1, 0.15) is 11.1 Å². The number of furan rings is 1. The van der Waals surface area contributed by atoms with Gasteiger partial charge in [0.15, 0.2) is 0 Å². The van der Waals surface area contributed by atoms with Crippen LogP contribution in [0.15, 0.2) is 144 Å². The highest BCUT2D eigenvalue weighted by molar-refractivity contribution is 7.26. The van der Waals surface area contributed by atoms with Crippen LogP contribution in [0, 0.1) is 13.8 Å². The summed E-state index contributed by atoms with van der Waals surface area (Å²) in [5, 5.41) is 4.73. The molecule has 0 amide bonds. The van der Waals surface area contributed by atoms with Gasteiger partial charge in [-0.25, -0.2) is 9.97 Å². The lowest BCUT2D eigenvalue weighted by Gasteiger charge is -2.25. The lowest BCUT2D eigenvalue weighted by molar-refractivity contribution is 0.670. The number of nitrogens with zero attached hydrogens (tertiary/aromatic N) is 3. The fourth-order valence-electron chi connectivity index (χ4n) is 6.66. The first kappa shape index (κ1) is 27.5. The van der Waals surface area contributed by atoms with Crippen molar-refractivity contribution in [3.05, 3.63) is 151 Å². The second kappa shape index (κ2) is 10.9. The summed E-state index contributed by atoms with van der Waals surface area (Å²) in [7, 11) is 0. The molecule has 224 valence electrons. The third kappa shape index (κ3) is 4.67. The molecular formula is C42H29N3OS. The summed E-state index contributed by atoms with van der Waals surface area (Å²) in [6.45, 7) is 4.26. The SMILES string of the molecule is Cc1cc(-c2cccc3c2oc2ccccc23)nc(N(c2ccccc2)c2cc(C)cc(-c3cccc4c3sc3ccccc34)n2)c1. The van der Waals surface area contributed by atoms with Gasteiger partial charge in [0, 0.05) is 47.8 Å². The molecule has 0 saturated heterocycles. The smallest absolute Gasteiger partial charge is 0.144 e. The first-order chi connectivity index (χ1) is 23.1. The van der Waals surface area contributed by atoms with Gasteiger partial charge >= 0.3 is 0 Å². The van der Waals surface area contributed by atoms with Crippen LogP contribution in [0.5, 0.6) is 0 Å². The van der Waals surface area contributed by atoms with Crippen molar-refractivity contribution >= 4 is 70.8 Å². The second-order valence-electron chi connectivity index (χ2n) is 12.0. The molecule has 47 heavy (non-hydrogen) atoms. The van der Waals surface area contributed by atoms with Gasteiger partial charge in [-0.15, -0.1) is 11.3 Å². The zero-order valence-electron chi connectivity index (χ0n) is 25.9. The number of hydrogen-bond acceptors (Lipinski definition) is 5. The summed E-state index contributed by atoms with van der Waals surface area (Å²) < 4.78 is 8.95. The van der Waals surface area contributed by atoms with Crippen molar-refractivity contribution in [3.63, 3.8) is 0 Å². The van der Waals surface area contributed by atoms with Crippen LogP contribution >= 0.6 is 11.3 Å². The first-order valence-electron chi connectivity index (χ1n) is 15.7. The van der Waals surface area contributed by atoms with E-state index < -0.39 is 0 Å². The molecule has 0 saturated carbocycles. The summed E-state index contributed by atoms with van der Waals surface area (Å²) in [5.74, 6) is 1.61. The fraction of sp³-hybridized carbons (Fsp3) is 0.0476. The predicted octanol–water partition coefficient (Wildman–Crippen LogP) is 12.2. The van der Waals surface area contributed by atoms with E-state index in [4.69, 9.17) is 14.4 Å². The molecule has 9 aromatic rings. The molecule has 5 aromatic carbocycles. The van der Waals surface area contributed by atoms with Crippen LogP contribution in [0.4, 0.5) is 17.3 Å². The van der Waals surface area contributed by atoms with Gasteiger partial charge in [0.25, 0.3) is 0 Å². The van der Waals surface area contributed by atoms with Crippen molar-refractivity contribution in [2.24, 2.45) is 0 Å². The van der Waals surface area contributed by atoms with Crippen LogP contribution < -0.4 is 4.90 Å².